The van der Waals surface area contributed by atoms with Crippen molar-refractivity contribution in [3.63, 3.8) is 0 Å². The number of pyridine rings is 1. The van der Waals surface area contributed by atoms with Crippen LogP contribution in [0.25, 0.3) is 11.0 Å². The van der Waals surface area contributed by atoms with Crippen molar-refractivity contribution in [2.75, 3.05) is 13.1 Å². The molecule has 0 bridgehead atoms. The van der Waals surface area contributed by atoms with Crippen LogP contribution in [0, 0.1) is 0 Å². The first-order valence-corrected chi connectivity index (χ1v) is 9.28. The van der Waals surface area contributed by atoms with E-state index in [1.165, 1.54) is 10.9 Å². The fourth-order valence-electron chi connectivity index (χ4n) is 3.64. The second-order valence-electron chi connectivity index (χ2n) is 6.69. The van der Waals surface area contributed by atoms with Crippen LogP contribution in [0.4, 0.5) is 4.79 Å². The molecule has 0 radical (unpaired) electrons. The first kappa shape index (κ1) is 16.9. The Balaban J connectivity index is 1.33. The third-order valence-electron chi connectivity index (χ3n) is 5.04. The minimum absolute atomic E-state index is 0.0102. The monoisotopic (exact) mass is 368 g/mol. The van der Waals surface area contributed by atoms with Gasteiger partial charge in [-0.1, -0.05) is 23.7 Å². The summed E-state index contributed by atoms with van der Waals surface area (Å²) in [6.45, 7) is 2.02. The molecule has 2 amide bonds. The maximum absolute atomic E-state index is 12.4. The van der Waals surface area contributed by atoms with Gasteiger partial charge in [-0.15, -0.1) is 0 Å². The smallest absolute Gasteiger partial charge is 0.317 e. The van der Waals surface area contributed by atoms with Gasteiger partial charge in [-0.3, -0.25) is 0 Å². The maximum Gasteiger partial charge on any atom is 0.317 e. The van der Waals surface area contributed by atoms with Gasteiger partial charge in [-0.25, -0.2) is 9.78 Å². The summed E-state index contributed by atoms with van der Waals surface area (Å²) in [5, 5.41) is 4.86. The molecule has 0 saturated carbocycles. The van der Waals surface area contributed by atoms with Gasteiger partial charge in [0.1, 0.15) is 5.65 Å². The number of benzene rings is 1. The Morgan fingerprint density at radius 1 is 1.27 bits per heavy atom. The van der Waals surface area contributed by atoms with E-state index in [-0.39, 0.29) is 6.03 Å². The Morgan fingerprint density at radius 2 is 2.12 bits per heavy atom. The zero-order chi connectivity index (χ0) is 17.9. The zero-order valence-electron chi connectivity index (χ0n) is 14.4. The average Bonchev–Trinajstić information content (AvgIpc) is 3.10. The van der Waals surface area contributed by atoms with Gasteiger partial charge in [0.25, 0.3) is 0 Å². The van der Waals surface area contributed by atoms with Gasteiger partial charge in [-0.05, 0) is 54.2 Å². The van der Waals surface area contributed by atoms with Crippen molar-refractivity contribution in [3.8, 4) is 0 Å². The number of urea groups is 1. The molecule has 0 aliphatic carbocycles. The average molecular weight is 369 g/mol. The van der Waals surface area contributed by atoms with Crippen LogP contribution in [-0.4, -0.2) is 34.0 Å². The summed E-state index contributed by atoms with van der Waals surface area (Å²) in [6.07, 6.45) is 5.80. The first-order chi connectivity index (χ1) is 12.7. The number of fused-ring (bicyclic) bond motifs is 1. The van der Waals surface area contributed by atoms with Gasteiger partial charge in [0, 0.05) is 42.4 Å². The van der Waals surface area contributed by atoms with E-state index in [2.05, 4.69) is 27.5 Å². The number of aromatic amines is 1. The van der Waals surface area contributed by atoms with E-state index in [4.69, 9.17) is 11.6 Å². The lowest BCUT2D eigenvalue weighted by atomic mass is 9.89. The molecule has 0 unspecified atom stereocenters. The van der Waals surface area contributed by atoms with Crippen LogP contribution in [-0.2, 0) is 6.54 Å². The summed E-state index contributed by atoms with van der Waals surface area (Å²) in [6, 6.07) is 11.6. The summed E-state index contributed by atoms with van der Waals surface area (Å²) in [4.78, 5) is 21.9. The standard InChI is InChI=1S/C20H21ClN4O/c21-16-4-1-3-14(11-16)12-24-20(26)25-9-6-15(7-10-25)18-13-23-19-17(18)5-2-8-22-19/h1-5,8,11,13,15H,6-7,9-10,12H2,(H,22,23)(H,24,26). The molecular formula is C20H21ClN4O. The summed E-state index contributed by atoms with van der Waals surface area (Å²) in [7, 11) is 0. The molecule has 4 rings (SSSR count). The van der Waals surface area contributed by atoms with E-state index < -0.39 is 0 Å². The van der Waals surface area contributed by atoms with Crippen molar-refractivity contribution in [2.45, 2.75) is 25.3 Å². The van der Waals surface area contributed by atoms with Crippen molar-refractivity contribution in [1.82, 2.24) is 20.2 Å². The molecule has 3 aromatic rings. The van der Waals surface area contributed by atoms with Crippen molar-refractivity contribution in [3.05, 3.63) is 64.9 Å². The first-order valence-electron chi connectivity index (χ1n) is 8.90. The van der Waals surface area contributed by atoms with E-state index in [0.29, 0.717) is 17.5 Å². The zero-order valence-corrected chi connectivity index (χ0v) is 15.2. The van der Waals surface area contributed by atoms with Gasteiger partial charge in [0.2, 0.25) is 0 Å². The number of aromatic nitrogens is 2. The Morgan fingerprint density at radius 3 is 2.92 bits per heavy atom. The number of likely N-dealkylation sites (tertiary alicyclic amines) is 1. The number of halogens is 1. The lowest BCUT2D eigenvalue weighted by Gasteiger charge is -2.32. The number of carbonyl (C=O) groups excluding carboxylic acids is 1. The van der Waals surface area contributed by atoms with Crippen LogP contribution in [0.3, 0.4) is 0 Å². The van der Waals surface area contributed by atoms with Crippen molar-refractivity contribution >= 4 is 28.7 Å². The van der Waals surface area contributed by atoms with Crippen molar-refractivity contribution in [1.29, 1.82) is 0 Å². The molecule has 1 saturated heterocycles. The van der Waals surface area contributed by atoms with E-state index in [1.54, 1.807) is 6.20 Å². The largest absolute Gasteiger partial charge is 0.346 e. The van der Waals surface area contributed by atoms with Gasteiger partial charge in [0.15, 0.2) is 0 Å². The van der Waals surface area contributed by atoms with Crippen LogP contribution < -0.4 is 5.32 Å². The normalized spacial score (nSPS) is 15.3. The number of H-pyrrole nitrogens is 1. The molecule has 0 spiro atoms. The molecule has 134 valence electrons. The SMILES string of the molecule is O=C(NCc1cccc(Cl)c1)N1CCC(c2c[nH]c3ncccc23)CC1. The second kappa shape index (κ2) is 7.38. The van der Waals surface area contributed by atoms with Crippen LogP contribution in [0.15, 0.2) is 48.8 Å². The molecule has 0 atom stereocenters. The number of rotatable bonds is 3. The highest BCUT2D eigenvalue weighted by Gasteiger charge is 2.25. The quantitative estimate of drug-likeness (QED) is 0.723. The number of carbonyl (C=O) groups is 1. The molecular weight excluding hydrogens is 348 g/mol. The molecule has 6 heteroatoms. The third-order valence-corrected chi connectivity index (χ3v) is 5.27. The molecule has 2 aromatic heterocycles. The molecule has 1 aliphatic rings. The van der Waals surface area contributed by atoms with Crippen LogP contribution in [0.2, 0.25) is 5.02 Å². The van der Waals surface area contributed by atoms with Crippen LogP contribution in [0.5, 0.6) is 0 Å². The molecule has 26 heavy (non-hydrogen) atoms. The summed E-state index contributed by atoms with van der Waals surface area (Å²) in [5.74, 6) is 0.463. The van der Waals surface area contributed by atoms with Gasteiger partial charge >= 0.3 is 6.03 Å². The summed E-state index contributed by atoms with van der Waals surface area (Å²) in [5.41, 5.74) is 3.25. The lowest BCUT2D eigenvalue weighted by molar-refractivity contribution is 0.181. The Labute approximate surface area is 157 Å². The lowest BCUT2D eigenvalue weighted by Crippen LogP contribution is -2.43. The third kappa shape index (κ3) is 3.53. The van der Waals surface area contributed by atoms with E-state index in [9.17, 15) is 4.79 Å². The Kier molecular flexibility index (Phi) is 4.80. The molecule has 1 fully saturated rings. The highest BCUT2D eigenvalue weighted by Crippen LogP contribution is 2.32. The molecule has 1 aromatic carbocycles. The maximum atomic E-state index is 12.4. The van der Waals surface area contributed by atoms with Crippen LogP contribution >= 0.6 is 11.6 Å². The van der Waals surface area contributed by atoms with Crippen LogP contribution in [0.1, 0.15) is 29.9 Å². The number of hydrogen-bond acceptors (Lipinski definition) is 2. The van der Waals surface area contributed by atoms with E-state index in [0.717, 1.165) is 37.1 Å². The molecule has 2 N–H and O–H groups in total. The number of hydrogen-bond donors (Lipinski definition) is 2. The fourth-order valence-corrected chi connectivity index (χ4v) is 3.86. The van der Waals surface area contributed by atoms with E-state index >= 15 is 0 Å². The number of nitrogens with zero attached hydrogens (tertiary/aromatic N) is 2. The molecule has 1 aliphatic heterocycles. The number of amides is 2. The van der Waals surface area contributed by atoms with E-state index in [1.807, 2.05) is 35.2 Å². The van der Waals surface area contributed by atoms with Crippen molar-refractivity contribution < 1.29 is 4.79 Å². The predicted molar refractivity (Wildman–Crippen MR) is 103 cm³/mol. The van der Waals surface area contributed by atoms with Gasteiger partial charge < -0.3 is 15.2 Å². The Hall–Kier alpha value is -2.53. The second-order valence-corrected chi connectivity index (χ2v) is 7.13. The number of nitrogens with one attached hydrogen (secondary N) is 2. The van der Waals surface area contributed by atoms with Gasteiger partial charge in [0.05, 0.1) is 0 Å². The topological polar surface area (TPSA) is 61.0 Å². The summed E-state index contributed by atoms with van der Waals surface area (Å²) < 4.78 is 0. The highest BCUT2D eigenvalue weighted by molar-refractivity contribution is 6.30. The molecule has 5 nitrogen and oxygen atoms in total. The summed E-state index contributed by atoms with van der Waals surface area (Å²) >= 11 is 5.99. The molecule has 3 heterocycles. The minimum Gasteiger partial charge on any atom is -0.346 e. The number of piperidine rings is 1. The highest BCUT2D eigenvalue weighted by atomic mass is 35.5. The Bertz CT molecular complexity index is 915. The fraction of sp³-hybridized carbons (Fsp3) is 0.300. The minimum atomic E-state index is -0.0102. The van der Waals surface area contributed by atoms with Crippen molar-refractivity contribution in [2.24, 2.45) is 0 Å². The predicted octanol–water partition coefficient (Wildman–Crippen LogP) is 4.31. The van der Waals surface area contributed by atoms with Gasteiger partial charge in [-0.2, -0.15) is 0 Å².